The van der Waals surface area contributed by atoms with Crippen molar-refractivity contribution in [3.63, 3.8) is 0 Å². The van der Waals surface area contributed by atoms with E-state index in [9.17, 15) is 14.4 Å². The Kier molecular flexibility index (Phi) is 6.56. The Labute approximate surface area is 138 Å². The number of carbonyl (C=O) groups is 3. The van der Waals surface area contributed by atoms with E-state index < -0.39 is 11.6 Å². The molecule has 4 amide bonds. The molecule has 1 rings (SSSR count). The number of amides is 4. The van der Waals surface area contributed by atoms with Crippen molar-refractivity contribution in [1.29, 1.82) is 0 Å². The highest BCUT2D eigenvalue weighted by Crippen LogP contribution is 2.24. The Hall–Kier alpha value is -1.63. The van der Waals surface area contributed by atoms with Crippen molar-refractivity contribution in [3.05, 3.63) is 0 Å². The fourth-order valence-corrected chi connectivity index (χ4v) is 2.61. The van der Waals surface area contributed by atoms with Crippen LogP contribution in [0.1, 0.15) is 47.0 Å². The molecular weight excluding hydrogens is 296 g/mol. The lowest BCUT2D eigenvalue weighted by molar-refractivity contribution is -0.138. The first-order chi connectivity index (χ1) is 10.7. The number of nitrogens with zero attached hydrogens (tertiary/aromatic N) is 2. The lowest BCUT2D eigenvalue weighted by Gasteiger charge is -2.25. The molecule has 1 unspecified atom stereocenters. The molecule has 1 saturated heterocycles. The van der Waals surface area contributed by atoms with Gasteiger partial charge in [0, 0.05) is 19.6 Å². The molecule has 1 aliphatic rings. The molecule has 1 heterocycles. The highest BCUT2D eigenvalue weighted by Gasteiger charge is 2.49. The van der Waals surface area contributed by atoms with E-state index in [4.69, 9.17) is 5.73 Å². The number of hydrogen-bond donors (Lipinski definition) is 2. The second-order valence-corrected chi connectivity index (χ2v) is 6.62. The highest BCUT2D eigenvalue weighted by molar-refractivity contribution is 6.08. The molecule has 3 N–H and O–H groups in total. The van der Waals surface area contributed by atoms with Gasteiger partial charge in [0.05, 0.1) is 0 Å². The third-order valence-corrected chi connectivity index (χ3v) is 4.83. The van der Waals surface area contributed by atoms with Crippen molar-refractivity contribution in [2.24, 2.45) is 11.7 Å². The molecule has 0 aromatic carbocycles. The minimum absolute atomic E-state index is 0.0230. The Balaban J connectivity index is 2.63. The number of carbonyl (C=O) groups excluding carboxylic acids is 3. The van der Waals surface area contributed by atoms with Gasteiger partial charge in [-0.05, 0) is 25.2 Å². The lowest BCUT2D eigenvalue weighted by Crippen LogP contribution is -2.47. The second kappa shape index (κ2) is 7.77. The quantitative estimate of drug-likeness (QED) is 0.649. The molecule has 1 atom stereocenters. The molecule has 0 saturated carbocycles. The normalized spacial score (nSPS) is 18.3. The van der Waals surface area contributed by atoms with Crippen LogP contribution in [-0.2, 0) is 9.59 Å². The van der Waals surface area contributed by atoms with Gasteiger partial charge in [0.15, 0.2) is 0 Å². The summed E-state index contributed by atoms with van der Waals surface area (Å²) in [5.74, 6) is -0.222. The van der Waals surface area contributed by atoms with Crippen LogP contribution in [0.2, 0.25) is 0 Å². The zero-order valence-corrected chi connectivity index (χ0v) is 14.9. The van der Waals surface area contributed by atoms with Crippen molar-refractivity contribution in [3.8, 4) is 0 Å². The second-order valence-electron chi connectivity index (χ2n) is 6.62. The minimum atomic E-state index is -0.865. The monoisotopic (exact) mass is 326 g/mol. The van der Waals surface area contributed by atoms with Crippen LogP contribution in [0.25, 0.3) is 0 Å². The third kappa shape index (κ3) is 4.22. The summed E-state index contributed by atoms with van der Waals surface area (Å²) < 4.78 is 0. The first-order valence-electron chi connectivity index (χ1n) is 8.32. The summed E-state index contributed by atoms with van der Waals surface area (Å²) in [6.45, 7) is 8.07. The summed E-state index contributed by atoms with van der Waals surface area (Å²) in [4.78, 5) is 39.3. The van der Waals surface area contributed by atoms with Gasteiger partial charge in [-0.25, -0.2) is 4.79 Å². The van der Waals surface area contributed by atoms with Gasteiger partial charge < -0.3 is 16.0 Å². The van der Waals surface area contributed by atoms with E-state index in [1.54, 1.807) is 7.05 Å². The number of urea groups is 1. The molecule has 0 bridgehead atoms. The number of nitrogens with one attached hydrogen (secondary N) is 1. The molecule has 23 heavy (non-hydrogen) atoms. The average molecular weight is 326 g/mol. The SMILES string of the molecule is CCC1(CC)NC(=O)N(CC(=O)N(C)CCC(N)C(C)C)C1=O. The van der Waals surface area contributed by atoms with Gasteiger partial charge in [0.25, 0.3) is 5.91 Å². The van der Waals surface area contributed by atoms with Gasteiger partial charge in [-0.3, -0.25) is 14.5 Å². The molecule has 0 aromatic heterocycles. The van der Waals surface area contributed by atoms with Crippen LogP contribution < -0.4 is 11.1 Å². The molecule has 1 fully saturated rings. The van der Waals surface area contributed by atoms with Gasteiger partial charge in [-0.1, -0.05) is 27.7 Å². The summed E-state index contributed by atoms with van der Waals surface area (Å²) in [5.41, 5.74) is 5.11. The zero-order valence-electron chi connectivity index (χ0n) is 14.9. The number of hydrogen-bond acceptors (Lipinski definition) is 4. The smallest absolute Gasteiger partial charge is 0.325 e. The topological polar surface area (TPSA) is 95.7 Å². The maximum Gasteiger partial charge on any atom is 0.325 e. The van der Waals surface area contributed by atoms with Crippen molar-refractivity contribution in [2.45, 2.75) is 58.5 Å². The zero-order chi connectivity index (χ0) is 17.8. The summed E-state index contributed by atoms with van der Waals surface area (Å²) in [6.07, 6.45) is 1.71. The maximum absolute atomic E-state index is 12.5. The van der Waals surface area contributed by atoms with Crippen molar-refractivity contribution in [2.75, 3.05) is 20.1 Å². The summed E-state index contributed by atoms with van der Waals surface area (Å²) in [6, 6.07) is -0.464. The van der Waals surface area contributed by atoms with Crippen LogP contribution in [-0.4, -0.2) is 59.4 Å². The van der Waals surface area contributed by atoms with Crippen LogP contribution in [0.3, 0.4) is 0 Å². The van der Waals surface area contributed by atoms with Gasteiger partial charge in [-0.15, -0.1) is 0 Å². The Morgan fingerprint density at radius 2 is 1.87 bits per heavy atom. The predicted octanol–water partition coefficient (Wildman–Crippen LogP) is 0.929. The molecule has 0 spiro atoms. The van der Waals surface area contributed by atoms with Crippen molar-refractivity contribution >= 4 is 17.8 Å². The van der Waals surface area contributed by atoms with Crippen LogP contribution in [0.4, 0.5) is 4.79 Å². The van der Waals surface area contributed by atoms with E-state index in [-0.39, 0.29) is 24.4 Å². The van der Waals surface area contributed by atoms with E-state index in [0.717, 1.165) is 4.90 Å². The van der Waals surface area contributed by atoms with Crippen LogP contribution >= 0.6 is 0 Å². The Morgan fingerprint density at radius 1 is 1.30 bits per heavy atom. The Morgan fingerprint density at radius 3 is 2.30 bits per heavy atom. The third-order valence-electron chi connectivity index (χ3n) is 4.83. The molecule has 0 aromatic rings. The fraction of sp³-hybridized carbons (Fsp3) is 0.812. The lowest BCUT2D eigenvalue weighted by atomic mass is 9.93. The molecule has 132 valence electrons. The molecule has 1 aliphatic heterocycles. The van der Waals surface area contributed by atoms with Crippen LogP contribution in [0, 0.1) is 5.92 Å². The molecule has 7 nitrogen and oxygen atoms in total. The molecular formula is C16H30N4O3. The number of nitrogens with two attached hydrogens (primary N) is 1. The largest absolute Gasteiger partial charge is 0.344 e. The van der Waals surface area contributed by atoms with E-state index in [1.165, 1.54) is 4.90 Å². The summed E-state index contributed by atoms with van der Waals surface area (Å²) in [7, 11) is 1.67. The highest BCUT2D eigenvalue weighted by atomic mass is 16.2. The first-order valence-corrected chi connectivity index (χ1v) is 8.32. The van der Waals surface area contributed by atoms with Crippen molar-refractivity contribution < 1.29 is 14.4 Å². The maximum atomic E-state index is 12.5. The van der Waals surface area contributed by atoms with E-state index in [0.29, 0.717) is 31.7 Å². The number of likely N-dealkylation sites (N-methyl/N-ethyl adjacent to an activating group) is 1. The van der Waals surface area contributed by atoms with Crippen LogP contribution in [0.15, 0.2) is 0 Å². The molecule has 0 aliphatic carbocycles. The van der Waals surface area contributed by atoms with Gasteiger partial charge >= 0.3 is 6.03 Å². The molecule has 0 radical (unpaired) electrons. The minimum Gasteiger partial charge on any atom is -0.344 e. The van der Waals surface area contributed by atoms with Gasteiger partial charge in [0.1, 0.15) is 12.1 Å². The van der Waals surface area contributed by atoms with Gasteiger partial charge in [0.2, 0.25) is 5.91 Å². The number of rotatable bonds is 8. The predicted molar refractivity (Wildman–Crippen MR) is 88.6 cm³/mol. The fourth-order valence-electron chi connectivity index (χ4n) is 2.61. The van der Waals surface area contributed by atoms with E-state index in [2.05, 4.69) is 5.32 Å². The summed E-state index contributed by atoms with van der Waals surface area (Å²) in [5, 5.41) is 2.72. The summed E-state index contributed by atoms with van der Waals surface area (Å²) >= 11 is 0. The number of imide groups is 1. The van der Waals surface area contributed by atoms with E-state index in [1.807, 2.05) is 27.7 Å². The van der Waals surface area contributed by atoms with E-state index >= 15 is 0 Å². The Bertz CT molecular complexity index is 460. The van der Waals surface area contributed by atoms with Crippen molar-refractivity contribution in [1.82, 2.24) is 15.1 Å². The van der Waals surface area contributed by atoms with Crippen LogP contribution in [0.5, 0.6) is 0 Å². The average Bonchev–Trinajstić information content (AvgIpc) is 2.76. The molecule has 7 heteroatoms. The standard InChI is InChI=1S/C16H30N4O3/c1-6-16(7-2)14(22)20(15(23)18-16)10-13(21)19(5)9-8-12(17)11(3)4/h11-12H,6-10,17H2,1-5H3,(H,18,23). The van der Waals surface area contributed by atoms with Gasteiger partial charge in [-0.2, -0.15) is 0 Å². The first kappa shape index (κ1) is 19.4.